The molecule has 2 nitrogen and oxygen atoms in total. The summed E-state index contributed by atoms with van der Waals surface area (Å²) in [5, 5.41) is 8.52. The number of carboxylic acid groups (broad SMARTS) is 1. The zero-order valence-electron chi connectivity index (χ0n) is 16.9. The van der Waals surface area contributed by atoms with E-state index in [1.165, 1.54) is 25.7 Å². The Morgan fingerprint density at radius 3 is 2.38 bits per heavy atom. The highest BCUT2D eigenvalue weighted by Crippen LogP contribution is 2.12. The molecule has 0 aromatic rings. The third-order valence-corrected chi connectivity index (χ3v) is 4.11. The third-order valence-electron chi connectivity index (χ3n) is 4.11. The summed E-state index contributed by atoms with van der Waals surface area (Å²) < 4.78 is 0. The molecule has 0 fully saturated rings. The zero-order valence-corrected chi connectivity index (χ0v) is 16.9. The Labute approximate surface area is 161 Å². The highest BCUT2D eigenvalue weighted by atomic mass is 16.4. The molecular formula is C24H38O2. The lowest BCUT2D eigenvalue weighted by atomic mass is 10.0. The number of carboxylic acids is 1. The number of aliphatic carboxylic acids is 1. The van der Waals surface area contributed by atoms with Crippen LogP contribution in [0.2, 0.25) is 0 Å². The van der Waals surface area contributed by atoms with Crippen LogP contribution in [0, 0.1) is 11.8 Å². The summed E-state index contributed by atoms with van der Waals surface area (Å²) in [4.78, 5) is 10.4. The smallest absolute Gasteiger partial charge is 0.303 e. The molecule has 0 spiro atoms. The molecule has 0 bridgehead atoms. The molecule has 0 aliphatic rings. The Kier molecular flexibility index (Phi) is 16.7. The van der Waals surface area contributed by atoms with Gasteiger partial charge in [-0.25, -0.2) is 0 Å². The Hall–Kier alpha value is -1.83. The molecule has 1 N–H and O–H groups in total. The molecule has 0 radical (unpaired) electrons. The summed E-state index contributed by atoms with van der Waals surface area (Å²) in [6, 6.07) is 0. The number of unbranched alkanes of at least 4 members (excludes halogenated alkanes) is 2. The molecule has 2 heteroatoms. The van der Waals surface area contributed by atoms with Gasteiger partial charge in [-0.15, -0.1) is 0 Å². The van der Waals surface area contributed by atoms with Crippen LogP contribution in [0.25, 0.3) is 0 Å². The van der Waals surface area contributed by atoms with Crippen LogP contribution < -0.4 is 0 Å². The number of hydrogen-bond acceptors (Lipinski definition) is 1. The van der Waals surface area contributed by atoms with Gasteiger partial charge in [0.1, 0.15) is 0 Å². The van der Waals surface area contributed by atoms with E-state index < -0.39 is 5.97 Å². The van der Waals surface area contributed by atoms with Gasteiger partial charge in [0.05, 0.1) is 0 Å². The number of hydrogen-bond donors (Lipinski definition) is 1. The van der Waals surface area contributed by atoms with Gasteiger partial charge in [0.15, 0.2) is 0 Å². The fraction of sp³-hybridized carbons (Fsp3) is 0.542. The normalized spacial score (nSPS) is 15.2. The van der Waals surface area contributed by atoms with Gasteiger partial charge in [-0.3, -0.25) is 4.79 Å². The van der Waals surface area contributed by atoms with Gasteiger partial charge in [-0.2, -0.15) is 0 Å². The standard InChI is InChI=1S/C24H38O2/c1-4-5-13-17-22(2)19-16-20-23(3)18-14-11-9-7-6-8-10-12-15-21-24(25)26/h6-7,9-12,14,16,18-19,22-23H,4-5,8,13,15,17,20-21H2,1-3H3,(H,25,26)/b7-6-,11-9+,12-10-,18-14-,19-16+. The van der Waals surface area contributed by atoms with Gasteiger partial charge in [0, 0.05) is 6.42 Å². The van der Waals surface area contributed by atoms with Crippen molar-refractivity contribution >= 4 is 5.97 Å². The minimum atomic E-state index is -0.744. The molecule has 0 aliphatic carbocycles. The van der Waals surface area contributed by atoms with Gasteiger partial charge >= 0.3 is 5.97 Å². The van der Waals surface area contributed by atoms with Crippen LogP contribution >= 0.6 is 0 Å². The van der Waals surface area contributed by atoms with Crippen LogP contribution in [0.4, 0.5) is 0 Å². The maximum atomic E-state index is 10.4. The molecule has 0 saturated heterocycles. The van der Waals surface area contributed by atoms with Crippen molar-refractivity contribution in [1.29, 1.82) is 0 Å². The molecule has 0 aromatic heterocycles. The van der Waals surface area contributed by atoms with E-state index >= 15 is 0 Å². The summed E-state index contributed by atoms with van der Waals surface area (Å²) in [6.45, 7) is 6.80. The minimum absolute atomic E-state index is 0.204. The van der Waals surface area contributed by atoms with Crippen LogP contribution in [0.5, 0.6) is 0 Å². The van der Waals surface area contributed by atoms with Gasteiger partial charge in [-0.1, -0.05) is 101 Å². The first-order valence-electron chi connectivity index (χ1n) is 10.1. The first-order chi connectivity index (χ1) is 12.6. The van der Waals surface area contributed by atoms with Crippen molar-refractivity contribution in [2.75, 3.05) is 0 Å². The average molecular weight is 359 g/mol. The lowest BCUT2D eigenvalue weighted by Gasteiger charge is -2.06. The summed E-state index contributed by atoms with van der Waals surface area (Å²) in [5.74, 6) is 0.506. The molecule has 0 rings (SSSR count). The van der Waals surface area contributed by atoms with Gasteiger partial charge < -0.3 is 5.11 Å². The Morgan fingerprint density at radius 2 is 1.65 bits per heavy atom. The second-order valence-electron chi connectivity index (χ2n) is 6.95. The van der Waals surface area contributed by atoms with E-state index in [0.29, 0.717) is 18.3 Å². The van der Waals surface area contributed by atoms with E-state index in [9.17, 15) is 4.79 Å². The molecular weight excluding hydrogens is 320 g/mol. The SMILES string of the molecule is CCCCCC(C)/C=C/CC(C)\C=C/C=C/C=C\C/C=C\CCC(=O)O. The van der Waals surface area contributed by atoms with Crippen molar-refractivity contribution in [3.8, 4) is 0 Å². The van der Waals surface area contributed by atoms with Gasteiger partial charge in [-0.05, 0) is 37.5 Å². The van der Waals surface area contributed by atoms with Crippen LogP contribution in [0.1, 0.15) is 72.1 Å². The minimum Gasteiger partial charge on any atom is -0.481 e. The van der Waals surface area contributed by atoms with Crippen molar-refractivity contribution in [3.63, 3.8) is 0 Å². The fourth-order valence-corrected chi connectivity index (χ4v) is 2.46. The predicted octanol–water partition coefficient (Wildman–Crippen LogP) is 7.26. The largest absolute Gasteiger partial charge is 0.481 e. The van der Waals surface area contributed by atoms with E-state index in [2.05, 4.69) is 57.2 Å². The Morgan fingerprint density at radius 1 is 0.885 bits per heavy atom. The number of rotatable bonds is 15. The summed E-state index contributed by atoms with van der Waals surface area (Å²) in [5.41, 5.74) is 0. The maximum Gasteiger partial charge on any atom is 0.303 e. The molecule has 2 unspecified atom stereocenters. The van der Waals surface area contributed by atoms with Crippen LogP contribution in [-0.4, -0.2) is 11.1 Å². The molecule has 0 saturated carbocycles. The quantitative estimate of drug-likeness (QED) is 0.190. The molecule has 0 aliphatic heterocycles. The zero-order chi connectivity index (χ0) is 19.5. The van der Waals surface area contributed by atoms with Crippen molar-refractivity contribution in [2.24, 2.45) is 11.8 Å². The maximum absolute atomic E-state index is 10.4. The number of allylic oxidation sites excluding steroid dienone is 10. The summed E-state index contributed by atoms with van der Waals surface area (Å²) in [6.07, 6.45) is 29.2. The predicted molar refractivity (Wildman–Crippen MR) is 114 cm³/mol. The molecule has 0 heterocycles. The first-order valence-corrected chi connectivity index (χ1v) is 10.1. The lowest BCUT2D eigenvalue weighted by Crippen LogP contribution is -1.91. The second-order valence-corrected chi connectivity index (χ2v) is 6.95. The van der Waals surface area contributed by atoms with Gasteiger partial charge in [0.2, 0.25) is 0 Å². The average Bonchev–Trinajstić information content (AvgIpc) is 2.59. The van der Waals surface area contributed by atoms with E-state index in [1.807, 2.05) is 24.3 Å². The highest BCUT2D eigenvalue weighted by molar-refractivity contribution is 5.66. The fourth-order valence-electron chi connectivity index (χ4n) is 2.46. The molecule has 146 valence electrons. The molecule has 0 amide bonds. The monoisotopic (exact) mass is 358 g/mol. The Balaban J connectivity index is 3.82. The first kappa shape index (κ1) is 24.2. The number of carbonyl (C=O) groups is 1. The lowest BCUT2D eigenvalue weighted by molar-refractivity contribution is -0.136. The molecule has 26 heavy (non-hydrogen) atoms. The van der Waals surface area contributed by atoms with E-state index in [4.69, 9.17) is 5.11 Å². The topological polar surface area (TPSA) is 37.3 Å². The van der Waals surface area contributed by atoms with Gasteiger partial charge in [0.25, 0.3) is 0 Å². The van der Waals surface area contributed by atoms with Crippen molar-refractivity contribution in [3.05, 3.63) is 60.8 Å². The second kappa shape index (κ2) is 18.0. The molecule has 2 atom stereocenters. The third kappa shape index (κ3) is 18.5. The molecule has 0 aromatic carbocycles. The van der Waals surface area contributed by atoms with Crippen molar-refractivity contribution < 1.29 is 9.90 Å². The Bertz CT molecular complexity index is 480. The summed E-state index contributed by atoms with van der Waals surface area (Å²) in [7, 11) is 0. The summed E-state index contributed by atoms with van der Waals surface area (Å²) >= 11 is 0. The van der Waals surface area contributed by atoms with Crippen LogP contribution in [0.3, 0.4) is 0 Å². The van der Waals surface area contributed by atoms with Crippen LogP contribution in [-0.2, 0) is 4.79 Å². The van der Waals surface area contributed by atoms with E-state index in [0.717, 1.165) is 12.8 Å². The van der Waals surface area contributed by atoms with E-state index in [1.54, 1.807) is 0 Å². The van der Waals surface area contributed by atoms with Crippen LogP contribution in [0.15, 0.2) is 60.8 Å². The van der Waals surface area contributed by atoms with Crippen molar-refractivity contribution in [1.82, 2.24) is 0 Å². The highest BCUT2D eigenvalue weighted by Gasteiger charge is 1.97. The van der Waals surface area contributed by atoms with E-state index in [-0.39, 0.29) is 6.42 Å². The van der Waals surface area contributed by atoms with Crippen molar-refractivity contribution in [2.45, 2.75) is 72.1 Å².